The predicted molar refractivity (Wildman–Crippen MR) is 183 cm³/mol. The smallest absolute Gasteiger partial charge is 0.395 e. The quantitative estimate of drug-likeness (QED) is 0.121. The van der Waals surface area contributed by atoms with Gasteiger partial charge in [0.05, 0.1) is 28.6 Å². The lowest BCUT2D eigenvalue weighted by atomic mass is 9.75. The minimum Gasteiger partial charge on any atom is -0.463 e. The first kappa shape index (κ1) is 37.8. The molecule has 1 aliphatic heterocycles. The summed E-state index contributed by atoms with van der Waals surface area (Å²) in [6.07, 6.45) is -7.95. The molecule has 1 fully saturated rings. The van der Waals surface area contributed by atoms with Crippen LogP contribution in [0.4, 0.5) is 26.3 Å². The van der Waals surface area contributed by atoms with Crippen LogP contribution in [0.15, 0.2) is 78.0 Å². The van der Waals surface area contributed by atoms with E-state index in [4.69, 9.17) is 27.1 Å². The van der Waals surface area contributed by atoms with E-state index >= 15 is 0 Å². The minimum absolute atomic E-state index is 0.0181. The van der Waals surface area contributed by atoms with Crippen molar-refractivity contribution < 1.29 is 40.7 Å². The second kappa shape index (κ2) is 13.8. The summed E-state index contributed by atoms with van der Waals surface area (Å²) in [7, 11) is 0. The zero-order chi connectivity index (χ0) is 38.5. The topological polar surface area (TPSA) is 116 Å². The summed E-state index contributed by atoms with van der Waals surface area (Å²) in [6, 6.07) is 15.6. The molecule has 0 radical (unpaired) electrons. The number of benzene rings is 3. The Morgan fingerprint density at radius 3 is 2.19 bits per heavy atom. The summed E-state index contributed by atoms with van der Waals surface area (Å²) >= 11 is 6.43. The van der Waals surface area contributed by atoms with Crippen LogP contribution in [0, 0.1) is 16.6 Å². The van der Waals surface area contributed by atoms with Crippen LogP contribution in [0.1, 0.15) is 75.9 Å². The Bertz CT molecular complexity index is 2040. The van der Waals surface area contributed by atoms with E-state index in [-0.39, 0.29) is 41.5 Å². The van der Waals surface area contributed by atoms with Gasteiger partial charge in [-0.2, -0.15) is 18.3 Å². The van der Waals surface area contributed by atoms with E-state index in [0.29, 0.717) is 5.56 Å². The van der Waals surface area contributed by atoms with Gasteiger partial charge in [0.15, 0.2) is 17.3 Å². The molecule has 9 nitrogen and oxygen atoms in total. The van der Waals surface area contributed by atoms with Crippen LogP contribution in [-0.4, -0.2) is 50.3 Å². The van der Waals surface area contributed by atoms with Crippen LogP contribution in [0.25, 0.3) is 16.8 Å². The molecule has 1 aliphatic carbocycles. The molecule has 6 rings (SSSR count). The number of esters is 1. The van der Waals surface area contributed by atoms with Crippen molar-refractivity contribution in [2.45, 2.75) is 70.6 Å². The molecule has 0 bridgehead atoms. The number of ether oxygens (including phenoxy) is 1. The first-order valence-corrected chi connectivity index (χ1v) is 17.0. The third-order valence-corrected chi connectivity index (χ3v) is 9.77. The van der Waals surface area contributed by atoms with Crippen molar-refractivity contribution in [1.29, 1.82) is 0 Å². The van der Waals surface area contributed by atoms with E-state index < -0.39 is 71.6 Å². The fourth-order valence-electron chi connectivity index (χ4n) is 6.67. The number of carbonyl (C=O) groups excluding carboxylic acids is 2. The minimum atomic E-state index is -4.61. The van der Waals surface area contributed by atoms with Crippen LogP contribution < -0.4 is 5.73 Å². The average molecular weight is 761 g/mol. The highest BCUT2D eigenvalue weighted by Gasteiger charge is 2.64. The number of rotatable bonds is 11. The van der Waals surface area contributed by atoms with Crippen molar-refractivity contribution in [1.82, 2.24) is 19.7 Å². The number of amides is 1. The molecule has 0 unspecified atom stereocenters. The van der Waals surface area contributed by atoms with Gasteiger partial charge in [-0.3, -0.25) is 14.5 Å². The van der Waals surface area contributed by atoms with E-state index in [1.165, 1.54) is 30.3 Å². The molecule has 2 atom stereocenters. The van der Waals surface area contributed by atoms with Crippen molar-refractivity contribution in [2.75, 3.05) is 6.61 Å². The number of nitrogens with two attached hydrogens (primary N) is 1. The number of aliphatic imine (C=N–C) groups is 1. The summed E-state index contributed by atoms with van der Waals surface area (Å²) in [5.41, 5.74) is 4.30. The zero-order valence-corrected chi connectivity index (χ0v) is 29.6. The Morgan fingerprint density at radius 2 is 1.62 bits per heavy atom. The summed E-state index contributed by atoms with van der Waals surface area (Å²) in [6.45, 7) is 5.05. The van der Waals surface area contributed by atoms with E-state index in [0.717, 1.165) is 27.0 Å². The lowest BCUT2D eigenvalue weighted by Gasteiger charge is -2.35. The van der Waals surface area contributed by atoms with Gasteiger partial charge in [0, 0.05) is 0 Å². The van der Waals surface area contributed by atoms with Gasteiger partial charge in [-0.1, -0.05) is 74.8 Å². The number of hydrogen-bond donors (Lipinski definition) is 1. The summed E-state index contributed by atoms with van der Waals surface area (Å²) in [4.78, 5) is 37.3. The van der Waals surface area contributed by atoms with Gasteiger partial charge in [-0.15, -0.1) is 0 Å². The second-order valence-corrected chi connectivity index (χ2v) is 14.9. The number of hydrogen-bond acceptors (Lipinski definition) is 7. The normalized spacial score (nSPS) is 19.0. The molecule has 280 valence electrons. The number of guanidine groups is 1. The second-order valence-electron chi connectivity index (χ2n) is 14.5. The SMILES string of the molecule is CC(C)(C)C[C@]1(c2ccc(-c3ccc(F)cc3)cc2)N=C(N)N([C@H](COC(=O)CC2(C(F)(F)F)CC2)c2ccc(Cl)c(-n3ncnc3C(F)F)c2)C1=O. The van der Waals surface area contributed by atoms with E-state index in [1.807, 2.05) is 20.8 Å². The van der Waals surface area contributed by atoms with Crippen LogP contribution in [-0.2, 0) is 19.9 Å². The summed E-state index contributed by atoms with van der Waals surface area (Å²) in [5.74, 6) is -3.16. The van der Waals surface area contributed by atoms with Crippen LogP contribution in [0.2, 0.25) is 5.02 Å². The Hall–Kier alpha value is -4.92. The molecule has 16 heteroatoms. The molecular formula is C37H35ClF6N6O3. The van der Waals surface area contributed by atoms with Crippen molar-refractivity contribution in [2.24, 2.45) is 21.6 Å². The standard InChI is InChI=1S/C37H35ClF6N6O3/c1-34(2,3)19-36(24-9-4-21(5-10-24)22-6-11-25(39)12-7-22)32(52)49(33(45)48-36)28(18-53-29(51)17-35(14-15-35)37(42,43)44)23-8-13-26(38)27(16-23)50-31(30(40)41)46-20-47-50/h4-13,16,20,28,30H,14-15,17-19H2,1-3H3,(H2,45,48)/t28-,36-/m1/s1. The summed E-state index contributed by atoms with van der Waals surface area (Å²) in [5, 5.41) is 3.86. The zero-order valence-electron chi connectivity index (χ0n) is 28.8. The van der Waals surface area contributed by atoms with Crippen molar-refractivity contribution in [3.63, 3.8) is 0 Å². The molecule has 3 aromatic carbocycles. The highest BCUT2D eigenvalue weighted by Crippen LogP contribution is 2.60. The lowest BCUT2D eigenvalue weighted by Crippen LogP contribution is -2.47. The van der Waals surface area contributed by atoms with Gasteiger partial charge < -0.3 is 10.5 Å². The van der Waals surface area contributed by atoms with Gasteiger partial charge in [0.2, 0.25) is 0 Å². The lowest BCUT2D eigenvalue weighted by molar-refractivity contribution is -0.195. The van der Waals surface area contributed by atoms with Crippen molar-refractivity contribution in [3.8, 4) is 16.8 Å². The van der Waals surface area contributed by atoms with Crippen molar-refractivity contribution >= 4 is 29.4 Å². The molecule has 1 aromatic heterocycles. The number of halogens is 7. The molecule has 4 aromatic rings. The van der Waals surface area contributed by atoms with Gasteiger partial charge in [0.25, 0.3) is 12.3 Å². The summed E-state index contributed by atoms with van der Waals surface area (Å²) < 4.78 is 88.6. The fraction of sp³-hybridized carbons (Fsp3) is 0.378. The van der Waals surface area contributed by atoms with E-state index in [2.05, 4.69) is 10.1 Å². The van der Waals surface area contributed by atoms with Crippen LogP contribution >= 0.6 is 11.6 Å². The third-order valence-electron chi connectivity index (χ3n) is 9.45. The third kappa shape index (κ3) is 7.48. The molecule has 2 aliphatic rings. The predicted octanol–water partition coefficient (Wildman–Crippen LogP) is 8.47. The molecule has 0 spiro atoms. The first-order valence-electron chi connectivity index (χ1n) is 16.6. The Kier molecular flexibility index (Phi) is 9.86. The van der Waals surface area contributed by atoms with Crippen molar-refractivity contribution in [3.05, 3.63) is 101 Å². The largest absolute Gasteiger partial charge is 0.463 e. The highest BCUT2D eigenvalue weighted by atomic mass is 35.5. The number of aromatic nitrogens is 3. The number of nitrogens with zero attached hydrogens (tertiary/aromatic N) is 5. The maximum Gasteiger partial charge on any atom is 0.395 e. The average Bonchev–Trinajstić information content (AvgIpc) is 3.63. The molecule has 1 saturated carbocycles. The Labute approximate surface area is 305 Å². The number of alkyl halides is 5. The van der Waals surface area contributed by atoms with Gasteiger partial charge >= 0.3 is 12.1 Å². The molecule has 2 N–H and O–H groups in total. The monoisotopic (exact) mass is 760 g/mol. The number of carbonyl (C=O) groups is 2. The maximum absolute atomic E-state index is 14.9. The van der Waals surface area contributed by atoms with Crippen LogP contribution in [0.5, 0.6) is 0 Å². The Morgan fingerprint density at radius 1 is 1.00 bits per heavy atom. The van der Waals surface area contributed by atoms with Crippen LogP contribution in [0.3, 0.4) is 0 Å². The molecule has 2 heterocycles. The first-order chi connectivity index (χ1) is 24.8. The van der Waals surface area contributed by atoms with E-state index in [9.17, 15) is 35.9 Å². The van der Waals surface area contributed by atoms with Gasteiger partial charge in [-0.25, -0.2) is 27.8 Å². The Balaban J connectivity index is 1.41. The maximum atomic E-state index is 14.9. The van der Waals surface area contributed by atoms with Gasteiger partial charge in [-0.05, 0) is 71.2 Å². The highest BCUT2D eigenvalue weighted by molar-refractivity contribution is 6.32. The molecule has 1 amide bonds. The van der Waals surface area contributed by atoms with E-state index in [1.54, 1.807) is 36.4 Å². The molecular weight excluding hydrogens is 726 g/mol. The fourth-order valence-corrected chi connectivity index (χ4v) is 6.87. The molecule has 0 saturated heterocycles. The molecule has 53 heavy (non-hydrogen) atoms. The van der Waals surface area contributed by atoms with Gasteiger partial charge in [0.1, 0.15) is 18.8 Å².